The molecule has 0 atom stereocenters. The molecule has 0 saturated carbocycles. The molecule has 2 N–H and O–H groups in total. The zero-order valence-electron chi connectivity index (χ0n) is 9.51. The number of amides is 1. The van der Waals surface area contributed by atoms with E-state index in [4.69, 9.17) is 5.73 Å². The summed E-state index contributed by atoms with van der Waals surface area (Å²) >= 11 is 2.91. The second-order valence-electron chi connectivity index (χ2n) is 3.40. The van der Waals surface area contributed by atoms with Crippen molar-refractivity contribution in [3.8, 4) is 0 Å². The Labute approximate surface area is 110 Å². The number of hydrogen-bond acceptors (Lipinski definition) is 3. The average Bonchev–Trinajstić information content (AvgIpc) is 2.28. The number of hydroxylamine groups is 2. The van der Waals surface area contributed by atoms with E-state index in [1.54, 1.807) is 0 Å². The van der Waals surface area contributed by atoms with E-state index < -0.39 is 23.3 Å². The van der Waals surface area contributed by atoms with Crippen LogP contribution in [0.25, 0.3) is 0 Å². The summed E-state index contributed by atoms with van der Waals surface area (Å²) in [5.41, 5.74) is 3.42. The molecule has 0 aliphatic rings. The molecule has 0 saturated heterocycles. The van der Waals surface area contributed by atoms with Crippen LogP contribution >= 0.6 is 15.9 Å². The highest BCUT2D eigenvalue weighted by atomic mass is 79.9. The Bertz CT molecular complexity index is 477. The Balaban J connectivity index is 3.39. The summed E-state index contributed by atoms with van der Waals surface area (Å²) in [5, 5.41) is 0.790. The monoisotopic (exact) mass is 326 g/mol. The molecule has 0 spiro atoms. The first-order chi connectivity index (χ1) is 8.18. The maximum Gasteiger partial charge on any atom is 0.418 e. The van der Waals surface area contributed by atoms with Crippen molar-refractivity contribution < 1.29 is 22.8 Å². The minimum absolute atomic E-state index is 0.108. The zero-order valence-corrected chi connectivity index (χ0v) is 11.1. The number of hydrogen-bond donors (Lipinski definition) is 1. The minimum Gasteiger partial charge on any atom is -0.398 e. The molecule has 0 heterocycles. The predicted molar refractivity (Wildman–Crippen MR) is 62.7 cm³/mol. The highest BCUT2D eigenvalue weighted by Crippen LogP contribution is 2.37. The van der Waals surface area contributed by atoms with Crippen molar-refractivity contribution in [3.63, 3.8) is 0 Å². The average molecular weight is 327 g/mol. The lowest BCUT2D eigenvalue weighted by atomic mass is 10.1. The summed E-state index contributed by atoms with van der Waals surface area (Å²) < 4.78 is 38.2. The van der Waals surface area contributed by atoms with Crippen LogP contribution < -0.4 is 5.73 Å². The summed E-state index contributed by atoms with van der Waals surface area (Å²) in [7, 11) is 2.49. The summed E-state index contributed by atoms with van der Waals surface area (Å²) in [6, 6.07) is 2.03. The lowest BCUT2D eigenvalue weighted by Crippen LogP contribution is -2.27. The number of anilines is 1. The molecule has 8 heteroatoms. The standard InChI is InChI=1S/C10H10BrF3N2O2/c1-16(18-2)9(17)6-3-5(11)4-7(8(6)15)10(12,13)14/h3-4H,15H2,1-2H3. The molecular formula is C10H10BrF3N2O2. The Kier molecular flexibility index (Phi) is 4.23. The molecule has 100 valence electrons. The van der Waals surface area contributed by atoms with Gasteiger partial charge in [0.1, 0.15) is 0 Å². The van der Waals surface area contributed by atoms with E-state index in [1.807, 2.05) is 0 Å². The molecule has 1 amide bonds. The smallest absolute Gasteiger partial charge is 0.398 e. The largest absolute Gasteiger partial charge is 0.418 e. The van der Waals surface area contributed by atoms with E-state index in [2.05, 4.69) is 20.8 Å². The molecule has 0 aliphatic carbocycles. The van der Waals surface area contributed by atoms with E-state index >= 15 is 0 Å². The maximum atomic E-state index is 12.7. The van der Waals surface area contributed by atoms with Crippen LogP contribution in [0.5, 0.6) is 0 Å². The van der Waals surface area contributed by atoms with E-state index in [0.717, 1.165) is 11.1 Å². The quantitative estimate of drug-likeness (QED) is 0.671. The Morgan fingerprint density at radius 3 is 2.44 bits per heavy atom. The van der Waals surface area contributed by atoms with Crippen molar-refractivity contribution in [2.75, 3.05) is 19.9 Å². The second-order valence-corrected chi connectivity index (χ2v) is 4.31. The number of nitrogens with zero attached hydrogens (tertiary/aromatic N) is 1. The van der Waals surface area contributed by atoms with Crippen molar-refractivity contribution in [1.29, 1.82) is 0 Å². The maximum absolute atomic E-state index is 12.7. The van der Waals surface area contributed by atoms with Gasteiger partial charge in [0.15, 0.2) is 0 Å². The summed E-state index contributed by atoms with van der Waals surface area (Å²) in [6.07, 6.45) is -4.63. The van der Waals surface area contributed by atoms with Crippen LogP contribution in [-0.2, 0) is 11.0 Å². The molecule has 0 unspecified atom stereocenters. The predicted octanol–water partition coefficient (Wildman–Crippen LogP) is 2.68. The van der Waals surface area contributed by atoms with Crippen molar-refractivity contribution in [1.82, 2.24) is 5.06 Å². The third-order valence-corrected chi connectivity index (χ3v) is 2.70. The van der Waals surface area contributed by atoms with Crippen LogP contribution in [-0.4, -0.2) is 25.1 Å². The van der Waals surface area contributed by atoms with Gasteiger partial charge in [-0.2, -0.15) is 13.2 Å². The van der Waals surface area contributed by atoms with Crippen LogP contribution in [0.4, 0.5) is 18.9 Å². The van der Waals surface area contributed by atoms with Gasteiger partial charge in [0.2, 0.25) is 0 Å². The normalized spacial score (nSPS) is 11.4. The first-order valence-electron chi connectivity index (χ1n) is 4.67. The van der Waals surface area contributed by atoms with Gasteiger partial charge in [-0.05, 0) is 12.1 Å². The van der Waals surface area contributed by atoms with Gasteiger partial charge in [0.25, 0.3) is 5.91 Å². The molecular weight excluding hydrogens is 317 g/mol. The van der Waals surface area contributed by atoms with E-state index in [9.17, 15) is 18.0 Å². The van der Waals surface area contributed by atoms with Gasteiger partial charge in [-0.25, -0.2) is 5.06 Å². The fourth-order valence-corrected chi connectivity index (χ4v) is 1.74. The molecule has 0 aliphatic heterocycles. The van der Waals surface area contributed by atoms with Gasteiger partial charge in [0.05, 0.1) is 23.9 Å². The van der Waals surface area contributed by atoms with E-state index in [1.165, 1.54) is 20.2 Å². The van der Waals surface area contributed by atoms with Gasteiger partial charge in [-0.15, -0.1) is 0 Å². The molecule has 1 aromatic carbocycles. The van der Waals surface area contributed by atoms with Crippen LogP contribution in [0.1, 0.15) is 15.9 Å². The van der Waals surface area contributed by atoms with Gasteiger partial charge in [0, 0.05) is 11.5 Å². The molecule has 0 bridgehead atoms. The molecule has 18 heavy (non-hydrogen) atoms. The Hall–Kier alpha value is -1.28. The number of alkyl halides is 3. The number of rotatable bonds is 2. The molecule has 4 nitrogen and oxygen atoms in total. The number of benzene rings is 1. The van der Waals surface area contributed by atoms with Crippen molar-refractivity contribution in [2.24, 2.45) is 0 Å². The molecule has 0 fully saturated rings. The van der Waals surface area contributed by atoms with E-state index in [0.29, 0.717) is 0 Å². The number of nitrogens with two attached hydrogens (primary N) is 1. The molecule has 1 aromatic rings. The first kappa shape index (κ1) is 14.8. The van der Waals surface area contributed by atoms with Crippen LogP contribution in [0.2, 0.25) is 0 Å². The zero-order chi connectivity index (χ0) is 14.1. The highest BCUT2D eigenvalue weighted by molar-refractivity contribution is 9.10. The van der Waals surface area contributed by atoms with Crippen LogP contribution in [0.3, 0.4) is 0 Å². The summed E-state index contributed by atoms with van der Waals surface area (Å²) in [4.78, 5) is 16.4. The molecule has 0 aromatic heterocycles. The SMILES string of the molecule is CON(C)C(=O)c1cc(Br)cc(C(F)(F)F)c1N. The summed E-state index contributed by atoms with van der Waals surface area (Å²) in [5.74, 6) is -0.762. The highest BCUT2D eigenvalue weighted by Gasteiger charge is 2.35. The first-order valence-corrected chi connectivity index (χ1v) is 5.46. The van der Waals surface area contributed by atoms with Crippen LogP contribution in [0, 0.1) is 0 Å². The fourth-order valence-electron chi connectivity index (χ4n) is 1.28. The van der Waals surface area contributed by atoms with Crippen molar-refractivity contribution in [2.45, 2.75) is 6.18 Å². The van der Waals surface area contributed by atoms with Gasteiger partial charge in [-0.1, -0.05) is 15.9 Å². The third kappa shape index (κ3) is 2.94. The Morgan fingerprint density at radius 1 is 1.44 bits per heavy atom. The lowest BCUT2D eigenvalue weighted by Gasteiger charge is -2.18. The van der Waals surface area contributed by atoms with Crippen molar-refractivity contribution in [3.05, 3.63) is 27.7 Å². The second kappa shape index (κ2) is 5.15. The van der Waals surface area contributed by atoms with Gasteiger partial charge >= 0.3 is 6.18 Å². The minimum atomic E-state index is -4.63. The third-order valence-electron chi connectivity index (χ3n) is 2.24. The number of carbonyl (C=O) groups is 1. The Morgan fingerprint density at radius 2 is 2.00 bits per heavy atom. The number of carbonyl (C=O) groups excluding carboxylic acids is 1. The topological polar surface area (TPSA) is 55.6 Å². The lowest BCUT2D eigenvalue weighted by molar-refractivity contribution is -0.137. The van der Waals surface area contributed by atoms with Crippen molar-refractivity contribution >= 4 is 27.5 Å². The van der Waals surface area contributed by atoms with Crippen LogP contribution in [0.15, 0.2) is 16.6 Å². The van der Waals surface area contributed by atoms with Gasteiger partial charge in [-0.3, -0.25) is 9.63 Å². The summed E-state index contributed by atoms with van der Waals surface area (Å²) in [6.45, 7) is 0. The number of halogens is 4. The fraction of sp³-hybridized carbons (Fsp3) is 0.300. The van der Waals surface area contributed by atoms with Gasteiger partial charge < -0.3 is 5.73 Å². The van der Waals surface area contributed by atoms with E-state index in [-0.39, 0.29) is 10.0 Å². The molecule has 0 radical (unpaired) electrons. The number of nitrogen functional groups attached to an aromatic ring is 1. The molecule has 1 rings (SSSR count).